The van der Waals surface area contributed by atoms with Gasteiger partial charge in [-0.15, -0.1) is 0 Å². The Morgan fingerprint density at radius 2 is 1.73 bits per heavy atom. The molecule has 1 saturated heterocycles. The summed E-state index contributed by atoms with van der Waals surface area (Å²) >= 11 is 0. The minimum absolute atomic E-state index is 0.0782. The topological polar surface area (TPSA) is 59.1 Å². The minimum Gasteiger partial charge on any atom is -0.491 e. The number of sulfone groups is 1. The van der Waals surface area contributed by atoms with Crippen LogP contribution in [0.15, 0.2) is 52.3 Å². The minimum atomic E-state index is -3.92. The summed E-state index contributed by atoms with van der Waals surface area (Å²) in [6, 6.07) is 9.90. The van der Waals surface area contributed by atoms with Crippen molar-refractivity contribution in [3.63, 3.8) is 0 Å². The Labute approximate surface area is 175 Å². The van der Waals surface area contributed by atoms with E-state index in [2.05, 4.69) is 14.5 Å². The number of alkyl halides is 2. The third-order valence-electron chi connectivity index (χ3n) is 4.89. The SMILES string of the molecule is CC[11CH2]Oc1ccc(S(=O)(=O)c2cccc(OC(F)F)c2)cc1N1CCN(C)CC1. The molecule has 30 heavy (non-hydrogen) atoms. The molecule has 1 aliphatic rings. The lowest BCUT2D eigenvalue weighted by Gasteiger charge is -2.35. The molecule has 3 rings (SSSR count). The number of halogens is 2. The highest BCUT2D eigenvalue weighted by Gasteiger charge is 2.24. The average Bonchev–Trinajstić information content (AvgIpc) is 2.72. The Morgan fingerprint density at radius 3 is 2.40 bits per heavy atom. The van der Waals surface area contributed by atoms with E-state index < -0.39 is 16.4 Å². The largest absolute Gasteiger partial charge is 0.491 e. The van der Waals surface area contributed by atoms with Gasteiger partial charge in [0.05, 0.1) is 22.1 Å². The second-order valence-corrected chi connectivity index (χ2v) is 9.07. The van der Waals surface area contributed by atoms with Crippen molar-refractivity contribution in [3.8, 4) is 11.5 Å². The first-order valence-corrected chi connectivity index (χ1v) is 11.3. The summed E-state index contributed by atoms with van der Waals surface area (Å²) in [7, 11) is -1.88. The third-order valence-corrected chi connectivity index (χ3v) is 6.64. The molecular formula is C21H26F2N2O4S. The number of anilines is 1. The molecule has 0 saturated carbocycles. The summed E-state index contributed by atoms with van der Waals surface area (Å²) < 4.78 is 61.6. The second-order valence-electron chi connectivity index (χ2n) is 7.13. The molecule has 0 atom stereocenters. The van der Waals surface area contributed by atoms with Gasteiger partial charge in [-0.3, -0.25) is 0 Å². The number of nitrogens with zero attached hydrogens (tertiary/aromatic N) is 2. The maximum absolute atomic E-state index is 13.2. The summed E-state index contributed by atoms with van der Waals surface area (Å²) in [6.45, 7) is 2.72. The van der Waals surface area contributed by atoms with Crippen LogP contribution in [0, 0.1) is 0 Å². The van der Waals surface area contributed by atoms with Crippen LogP contribution in [-0.4, -0.2) is 59.8 Å². The maximum atomic E-state index is 13.2. The summed E-state index contributed by atoms with van der Waals surface area (Å²) in [5.41, 5.74) is 0.720. The number of ether oxygens (including phenoxy) is 2. The first-order valence-electron chi connectivity index (χ1n) is 9.81. The lowest BCUT2D eigenvalue weighted by molar-refractivity contribution is -0.0499. The van der Waals surface area contributed by atoms with Gasteiger partial charge in [0, 0.05) is 26.2 Å². The Morgan fingerprint density at radius 1 is 1.03 bits per heavy atom. The molecule has 0 bridgehead atoms. The zero-order valence-corrected chi connectivity index (χ0v) is 17.9. The molecule has 1 fully saturated rings. The number of hydrogen-bond donors (Lipinski definition) is 0. The molecule has 1 heterocycles. The number of hydrogen-bond acceptors (Lipinski definition) is 6. The molecule has 1 aliphatic heterocycles. The van der Waals surface area contributed by atoms with Gasteiger partial charge in [0.1, 0.15) is 11.5 Å². The zero-order chi connectivity index (χ0) is 21.7. The summed E-state index contributed by atoms with van der Waals surface area (Å²) in [5, 5.41) is 0. The fourth-order valence-corrected chi connectivity index (χ4v) is 4.56. The highest BCUT2D eigenvalue weighted by atomic mass is 32.2. The van der Waals surface area contributed by atoms with Crippen LogP contribution in [0.5, 0.6) is 11.5 Å². The molecule has 6 nitrogen and oxygen atoms in total. The van der Waals surface area contributed by atoms with Gasteiger partial charge in [-0.1, -0.05) is 13.0 Å². The quantitative estimate of drug-likeness (QED) is 0.626. The molecule has 0 amide bonds. The van der Waals surface area contributed by atoms with Crippen LogP contribution in [0.3, 0.4) is 0 Å². The van der Waals surface area contributed by atoms with Crippen molar-refractivity contribution in [2.45, 2.75) is 29.7 Å². The maximum Gasteiger partial charge on any atom is 0.387 e. The average molecular weight is 440 g/mol. The first-order chi connectivity index (χ1) is 14.3. The molecule has 0 aromatic heterocycles. The number of likely N-dealkylation sites (N-methyl/N-ethyl adjacent to an activating group) is 1. The Kier molecular flexibility index (Phi) is 7.14. The molecule has 2 aromatic carbocycles. The van der Waals surface area contributed by atoms with Gasteiger partial charge in [-0.05, 0) is 49.9 Å². The van der Waals surface area contributed by atoms with Crippen LogP contribution in [0.4, 0.5) is 14.5 Å². The highest BCUT2D eigenvalue weighted by Crippen LogP contribution is 2.34. The first kappa shape index (κ1) is 22.3. The van der Waals surface area contributed by atoms with Crippen molar-refractivity contribution in [1.29, 1.82) is 0 Å². The predicted octanol–water partition coefficient (Wildman–Crippen LogP) is 3.66. The number of piperazine rings is 1. The van der Waals surface area contributed by atoms with E-state index in [-0.39, 0.29) is 15.5 Å². The normalized spacial score (nSPS) is 15.4. The highest BCUT2D eigenvalue weighted by molar-refractivity contribution is 7.91. The Hall–Kier alpha value is -2.39. The molecular weight excluding hydrogens is 413 g/mol. The van der Waals surface area contributed by atoms with E-state index >= 15 is 0 Å². The summed E-state index contributed by atoms with van der Waals surface area (Å²) in [6.07, 6.45) is 0.832. The second kappa shape index (κ2) is 9.61. The predicted molar refractivity (Wildman–Crippen MR) is 110 cm³/mol. The third kappa shape index (κ3) is 5.20. The van der Waals surface area contributed by atoms with E-state index in [4.69, 9.17) is 4.74 Å². The lowest BCUT2D eigenvalue weighted by Crippen LogP contribution is -2.44. The van der Waals surface area contributed by atoms with Crippen molar-refractivity contribution in [3.05, 3.63) is 42.5 Å². The number of rotatable bonds is 8. The molecule has 2 aromatic rings. The van der Waals surface area contributed by atoms with Crippen LogP contribution in [0.2, 0.25) is 0 Å². The molecule has 0 aliphatic carbocycles. The van der Waals surface area contributed by atoms with Crippen LogP contribution in [0.1, 0.15) is 13.3 Å². The molecule has 0 N–H and O–H groups in total. The van der Waals surface area contributed by atoms with E-state index in [1.165, 1.54) is 24.3 Å². The van der Waals surface area contributed by atoms with Crippen molar-refractivity contribution >= 4 is 15.5 Å². The summed E-state index contributed by atoms with van der Waals surface area (Å²) in [4.78, 5) is 4.29. The fourth-order valence-electron chi connectivity index (χ4n) is 3.25. The van der Waals surface area contributed by atoms with E-state index in [1.54, 1.807) is 12.1 Å². The fraction of sp³-hybridized carbons (Fsp3) is 0.429. The van der Waals surface area contributed by atoms with Gasteiger partial charge in [0.25, 0.3) is 0 Å². The standard InChI is InChI=1S/C21H26F2N2O4S/c1-3-13-28-20-8-7-18(15-19(20)25-11-9-24(2)10-12-25)30(26,27)17-6-4-5-16(14-17)29-21(22)23/h4-8,14-15,21H,3,9-13H2,1-2H3/i13-1. The van der Waals surface area contributed by atoms with Gasteiger partial charge in [0.15, 0.2) is 0 Å². The van der Waals surface area contributed by atoms with Crippen molar-refractivity contribution in [2.24, 2.45) is 0 Å². The van der Waals surface area contributed by atoms with E-state index in [0.717, 1.165) is 44.4 Å². The Bertz CT molecular complexity index is 961. The van der Waals surface area contributed by atoms with E-state index in [0.29, 0.717) is 12.4 Å². The van der Waals surface area contributed by atoms with Crippen molar-refractivity contribution in [2.75, 3.05) is 44.7 Å². The van der Waals surface area contributed by atoms with Crippen molar-refractivity contribution < 1.29 is 26.7 Å². The lowest BCUT2D eigenvalue weighted by atomic mass is 10.1. The monoisotopic (exact) mass is 439 g/mol. The van der Waals surface area contributed by atoms with Crippen LogP contribution in [0.25, 0.3) is 0 Å². The zero-order valence-electron chi connectivity index (χ0n) is 17.1. The van der Waals surface area contributed by atoms with Crippen LogP contribution >= 0.6 is 0 Å². The van der Waals surface area contributed by atoms with Crippen molar-refractivity contribution in [1.82, 2.24) is 4.90 Å². The van der Waals surface area contributed by atoms with Gasteiger partial charge < -0.3 is 19.3 Å². The molecule has 0 unspecified atom stereocenters. The smallest absolute Gasteiger partial charge is 0.387 e. The molecule has 9 heteroatoms. The number of benzene rings is 2. The van der Waals surface area contributed by atoms with Crippen LogP contribution in [-0.2, 0) is 9.84 Å². The van der Waals surface area contributed by atoms with Gasteiger partial charge >= 0.3 is 6.61 Å². The van der Waals surface area contributed by atoms with Gasteiger partial charge in [0.2, 0.25) is 9.84 Å². The summed E-state index contributed by atoms with van der Waals surface area (Å²) in [5.74, 6) is 0.434. The molecule has 164 valence electrons. The van der Waals surface area contributed by atoms with Gasteiger partial charge in [-0.2, -0.15) is 8.78 Å². The molecule has 0 radical (unpaired) electrons. The Balaban J connectivity index is 1.97. The van der Waals surface area contributed by atoms with E-state index in [1.807, 2.05) is 14.0 Å². The van der Waals surface area contributed by atoms with E-state index in [9.17, 15) is 17.2 Å². The van der Waals surface area contributed by atoms with Gasteiger partial charge in [-0.25, -0.2) is 8.42 Å². The van der Waals surface area contributed by atoms with Crippen LogP contribution < -0.4 is 14.4 Å². The molecule has 0 spiro atoms.